The van der Waals surface area contributed by atoms with Crippen LogP contribution in [0.5, 0.6) is 5.75 Å². The number of nitrogen functional groups attached to an aromatic ring is 1. The second-order valence-corrected chi connectivity index (χ2v) is 8.80. The minimum absolute atomic E-state index is 0.267. The number of aliphatic hydroxyl groups is 1. The molecule has 180 valence electrons. The van der Waals surface area contributed by atoms with Crippen LogP contribution >= 0.6 is 0 Å². The molecule has 4 aromatic rings. The molecule has 2 aromatic carbocycles. The monoisotopic (exact) mass is 472 g/mol. The first-order valence-electron chi connectivity index (χ1n) is 11.0. The zero-order chi connectivity index (χ0) is 24.5. The number of alkyl halides is 3. The number of nitrogens with one attached hydrogen (secondary N) is 1. The van der Waals surface area contributed by atoms with Gasteiger partial charge in [-0.25, -0.2) is 0 Å². The lowest BCUT2D eigenvalue weighted by molar-refractivity contribution is -0.274. The normalized spacial score (nSPS) is 16.5. The Kier molecular flexibility index (Phi) is 6.42. The molecule has 0 bridgehead atoms. The van der Waals surface area contributed by atoms with Crippen molar-refractivity contribution in [2.45, 2.75) is 38.3 Å². The van der Waals surface area contributed by atoms with Crippen molar-refractivity contribution >= 4 is 27.6 Å². The van der Waals surface area contributed by atoms with Crippen LogP contribution in [0, 0.1) is 0 Å². The van der Waals surface area contributed by atoms with Crippen LogP contribution in [-0.2, 0) is 5.60 Å². The molecular formula is C25H27F3N4O2. The molecule has 0 amide bonds. The molecule has 5 rings (SSSR count). The summed E-state index contributed by atoms with van der Waals surface area (Å²) in [6, 6.07) is 15.8. The Morgan fingerprint density at radius 2 is 1.82 bits per heavy atom. The van der Waals surface area contributed by atoms with E-state index in [2.05, 4.69) is 37.8 Å². The third-order valence-electron chi connectivity index (χ3n) is 5.78. The number of nitrogens with two attached hydrogens (primary N) is 1. The van der Waals surface area contributed by atoms with E-state index in [9.17, 15) is 18.3 Å². The van der Waals surface area contributed by atoms with Crippen molar-refractivity contribution in [1.29, 1.82) is 0 Å². The lowest BCUT2D eigenvalue weighted by atomic mass is 9.97. The van der Waals surface area contributed by atoms with E-state index >= 15 is 0 Å². The second-order valence-electron chi connectivity index (χ2n) is 8.80. The van der Waals surface area contributed by atoms with E-state index < -0.39 is 12.0 Å². The average molecular weight is 473 g/mol. The zero-order valence-corrected chi connectivity index (χ0v) is 18.9. The molecule has 1 unspecified atom stereocenters. The molecule has 9 heteroatoms. The number of halogens is 3. The molecule has 0 radical (unpaired) electrons. The van der Waals surface area contributed by atoms with Gasteiger partial charge in [0.1, 0.15) is 5.75 Å². The van der Waals surface area contributed by atoms with Gasteiger partial charge in [0.2, 0.25) is 0 Å². The van der Waals surface area contributed by atoms with Crippen molar-refractivity contribution in [2.24, 2.45) is 0 Å². The van der Waals surface area contributed by atoms with Crippen LogP contribution in [-0.4, -0.2) is 34.1 Å². The van der Waals surface area contributed by atoms with Gasteiger partial charge in [-0.2, -0.15) is 0 Å². The smallest absolute Gasteiger partial charge is 0.406 e. The van der Waals surface area contributed by atoms with Gasteiger partial charge in [-0.15, -0.1) is 13.2 Å². The van der Waals surface area contributed by atoms with Gasteiger partial charge >= 0.3 is 6.36 Å². The van der Waals surface area contributed by atoms with E-state index in [1.807, 2.05) is 32.2 Å². The molecule has 6 nitrogen and oxygen atoms in total. The predicted octanol–water partition coefficient (Wildman–Crippen LogP) is 5.12. The van der Waals surface area contributed by atoms with E-state index in [1.54, 1.807) is 0 Å². The van der Waals surface area contributed by atoms with Gasteiger partial charge in [0.15, 0.2) is 0 Å². The highest BCUT2D eigenvalue weighted by Gasteiger charge is 2.31. The second kappa shape index (κ2) is 9.15. The predicted molar refractivity (Wildman–Crippen MR) is 127 cm³/mol. The van der Waals surface area contributed by atoms with Gasteiger partial charge in [0.25, 0.3) is 0 Å². The minimum Gasteiger partial charge on any atom is -0.406 e. The standard InChI is InChI=1S/C18H21N3O.C7H6F3NO/c1-18(2,22)12-5-6-15-14(10-12)17-16(4-3-8-20-17)21(15)13-7-9-19-11-13;8-7(9,10)12-6-3-1-5(11)2-4-6/h3-6,8,10,13,19,22H,7,9,11H2,1-2H3;1-4H,11H2. The number of nitrogens with zero attached hydrogens (tertiary/aromatic N) is 2. The Bertz CT molecular complexity index is 1270. The highest BCUT2D eigenvalue weighted by atomic mass is 19.4. The summed E-state index contributed by atoms with van der Waals surface area (Å²) >= 11 is 0. The van der Waals surface area contributed by atoms with Crippen molar-refractivity contribution in [3.63, 3.8) is 0 Å². The first kappa shape index (κ1) is 23.8. The molecule has 4 N–H and O–H groups in total. The number of benzene rings is 2. The quantitative estimate of drug-likeness (QED) is 0.361. The Labute approximate surface area is 195 Å². The maximum Gasteiger partial charge on any atom is 0.573 e. The highest BCUT2D eigenvalue weighted by Crippen LogP contribution is 2.34. The summed E-state index contributed by atoms with van der Waals surface area (Å²) in [7, 11) is 0. The molecule has 1 aliphatic heterocycles. The lowest BCUT2D eigenvalue weighted by Crippen LogP contribution is -2.16. The van der Waals surface area contributed by atoms with E-state index in [0.29, 0.717) is 11.7 Å². The van der Waals surface area contributed by atoms with Crippen molar-refractivity contribution < 1.29 is 23.0 Å². The number of anilines is 1. The van der Waals surface area contributed by atoms with Crippen molar-refractivity contribution in [3.05, 3.63) is 66.4 Å². The van der Waals surface area contributed by atoms with Crippen molar-refractivity contribution in [2.75, 3.05) is 18.8 Å². The average Bonchev–Trinajstić information content (AvgIpc) is 3.40. The minimum atomic E-state index is -4.64. The van der Waals surface area contributed by atoms with Gasteiger partial charge < -0.3 is 25.5 Å². The number of hydrogen-bond acceptors (Lipinski definition) is 5. The van der Waals surface area contributed by atoms with Crippen LogP contribution in [0.25, 0.3) is 21.9 Å². The summed E-state index contributed by atoms with van der Waals surface area (Å²) in [5.41, 5.74) is 9.14. The molecule has 1 fully saturated rings. The van der Waals surface area contributed by atoms with Crippen molar-refractivity contribution in [3.8, 4) is 5.75 Å². The van der Waals surface area contributed by atoms with Gasteiger partial charge in [-0.3, -0.25) is 4.98 Å². The summed E-state index contributed by atoms with van der Waals surface area (Å²) < 4.78 is 40.8. The van der Waals surface area contributed by atoms with Crippen molar-refractivity contribution in [1.82, 2.24) is 14.9 Å². The molecule has 0 saturated carbocycles. The fourth-order valence-corrected chi connectivity index (χ4v) is 4.17. The maximum atomic E-state index is 11.6. The molecule has 1 atom stereocenters. The van der Waals surface area contributed by atoms with Gasteiger partial charge in [-0.1, -0.05) is 6.07 Å². The van der Waals surface area contributed by atoms with Crippen LogP contribution in [0.2, 0.25) is 0 Å². The fraction of sp³-hybridized carbons (Fsp3) is 0.320. The molecule has 34 heavy (non-hydrogen) atoms. The number of aromatic nitrogens is 2. The SMILES string of the molecule is CC(C)(O)c1ccc2c(c1)c1ncccc1n2C1CCNC1.Nc1ccc(OC(F)(F)F)cc1. The van der Waals surface area contributed by atoms with Gasteiger partial charge in [0.05, 0.1) is 22.2 Å². The summed E-state index contributed by atoms with van der Waals surface area (Å²) in [6.45, 7) is 5.71. The molecular weight excluding hydrogens is 445 g/mol. The fourth-order valence-electron chi connectivity index (χ4n) is 4.17. The van der Waals surface area contributed by atoms with E-state index in [-0.39, 0.29) is 5.75 Å². The van der Waals surface area contributed by atoms with Crippen LogP contribution in [0.15, 0.2) is 60.8 Å². The lowest BCUT2D eigenvalue weighted by Gasteiger charge is -2.18. The molecule has 0 aliphatic carbocycles. The Balaban J connectivity index is 0.000000195. The van der Waals surface area contributed by atoms with E-state index in [1.165, 1.54) is 23.2 Å². The van der Waals surface area contributed by atoms with Crippen LogP contribution in [0.1, 0.15) is 31.9 Å². The van der Waals surface area contributed by atoms with E-state index in [0.717, 1.165) is 48.1 Å². The molecule has 1 saturated heterocycles. The Morgan fingerprint density at radius 1 is 1.09 bits per heavy atom. The van der Waals surface area contributed by atoms with Gasteiger partial charge in [0, 0.05) is 29.9 Å². The van der Waals surface area contributed by atoms with Crippen LogP contribution in [0.3, 0.4) is 0 Å². The molecule has 2 aromatic heterocycles. The topological polar surface area (TPSA) is 85.3 Å². The maximum absolute atomic E-state index is 11.6. The summed E-state index contributed by atoms with van der Waals surface area (Å²) in [5, 5.41) is 14.9. The number of ether oxygens (including phenoxy) is 1. The van der Waals surface area contributed by atoms with Crippen LogP contribution < -0.4 is 15.8 Å². The summed E-state index contributed by atoms with van der Waals surface area (Å²) in [5.74, 6) is -0.267. The largest absolute Gasteiger partial charge is 0.573 e. The summed E-state index contributed by atoms with van der Waals surface area (Å²) in [6.07, 6.45) is -1.66. The number of fused-ring (bicyclic) bond motifs is 3. The first-order chi connectivity index (χ1) is 16.0. The number of pyridine rings is 1. The third kappa shape index (κ3) is 5.26. The highest BCUT2D eigenvalue weighted by molar-refractivity contribution is 6.06. The summed E-state index contributed by atoms with van der Waals surface area (Å²) in [4.78, 5) is 4.60. The van der Waals surface area contributed by atoms with Gasteiger partial charge in [-0.05, 0) is 80.9 Å². The Morgan fingerprint density at radius 3 is 2.44 bits per heavy atom. The number of rotatable bonds is 3. The van der Waals surface area contributed by atoms with Crippen LogP contribution in [0.4, 0.5) is 18.9 Å². The van der Waals surface area contributed by atoms with E-state index in [4.69, 9.17) is 5.73 Å². The molecule has 0 spiro atoms. The third-order valence-corrected chi connectivity index (χ3v) is 5.78. The molecule has 1 aliphatic rings. The Hall–Kier alpha value is -3.30. The zero-order valence-electron chi connectivity index (χ0n) is 18.9. The number of hydrogen-bond donors (Lipinski definition) is 3. The first-order valence-corrected chi connectivity index (χ1v) is 11.0. The molecule has 3 heterocycles.